The Hall–Kier alpha value is -3.02. The van der Waals surface area contributed by atoms with Crippen LogP contribution in [0.15, 0.2) is 18.3 Å². The van der Waals surface area contributed by atoms with Gasteiger partial charge in [0, 0.05) is 45.0 Å². The lowest BCUT2D eigenvalue weighted by atomic mass is 10.2. The third-order valence-electron chi connectivity index (χ3n) is 5.23. The lowest BCUT2D eigenvalue weighted by molar-refractivity contribution is -0.135. The molecule has 36 heavy (non-hydrogen) atoms. The minimum atomic E-state index is -0.878. The average molecular weight is 531 g/mol. The molecule has 0 saturated carbocycles. The highest BCUT2D eigenvalue weighted by atomic mass is 32.1. The molecule has 1 atom stereocenters. The van der Waals surface area contributed by atoms with Gasteiger partial charge in [-0.05, 0) is 26.3 Å². The molecule has 1 saturated heterocycles. The van der Waals surface area contributed by atoms with Crippen LogP contribution in [-0.2, 0) is 16.2 Å². The fourth-order valence-corrected chi connectivity index (χ4v) is 3.42. The predicted octanol–water partition coefficient (Wildman–Crippen LogP) is -1.41. The van der Waals surface area contributed by atoms with E-state index in [2.05, 4.69) is 31.9 Å². The number of nitrogens with two attached hydrogens (primary N) is 3. The van der Waals surface area contributed by atoms with Crippen molar-refractivity contribution in [2.75, 3.05) is 51.8 Å². The van der Waals surface area contributed by atoms with Crippen LogP contribution in [0, 0.1) is 11.6 Å². The zero-order chi connectivity index (χ0) is 26.8. The molecule has 1 aliphatic rings. The minimum Gasteiger partial charge on any atom is -0.381 e. The zero-order valence-corrected chi connectivity index (χ0v) is 20.9. The molecule has 1 aromatic heterocycles. The fourth-order valence-electron chi connectivity index (χ4n) is 3.34. The van der Waals surface area contributed by atoms with E-state index in [1.165, 1.54) is 23.0 Å². The summed E-state index contributed by atoms with van der Waals surface area (Å²) in [6.07, 6.45) is 0.578. The van der Waals surface area contributed by atoms with Crippen LogP contribution >= 0.6 is 12.2 Å². The van der Waals surface area contributed by atoms with Crippen molar-refractivity contribution in [2.45, 2.75) is 19.2 Å². The first-order chi connectivity index (χ1) is 17.1. The van der Waals surface area contributed by atoms with Gasteiger partial charge in [0.05, 0.1) is 24.8 Å². The first kappa shape index (κ1) is 29.2. The maximum absolute atomic E-state index is 14.9. The van der Waals surface area contributed by atoms with Crippen LogP contribution in [0.3, 0.4) is 0 Å². The Morgan fingerprint density at radius 2 is 1.83 bits per heavy atom. The quantitative estimate of drug-likeness (QED) is 0.161. The van der Waals surface area contributed by atoms with E-state index in [0.717, 1.165) is 0 Å². The molecule has 0 radical (unpaired) electrons. The molecule has 1 fully saturated rings. The summed E-state index contributed by atoms with van der Waals surface area (Å²) in [5, 5.41) is 20.3. The number of carbonyl (C=O) groups excluding carboxylic acids is 1. The van der Waals surface area contributed by atoms with Gasteiger partial charge in [-0.15, -0.1) is 5.10 Å². The molecule has 3 rings (SSSR count). The number of aromatic nitrogens is 3. The van der Waals surface area contributed by atoms with E-state index in [0.29, 0.717) is 18.8 Å². The van der Waals surface area contributed by atoms with Gasteiger partial charge in [0.2, 0.25) is 5.91 Å². The lowest BCUT2D eigenvalue weighted by Crippen LogP contribution is -2.50. The van der Waals surface area contributed by atoms with Gasteiger partial charge in [0.1, 0.15) is 17.6 Å². The monoisotopic (exact) mass is 530 g/mol. The Balaban J connectivity index is 0.00000145. The smallest absolute Gasteiger partial charge is 0.278 e. The predicted molar refractivity (Wildman–Crippen MR) is 132 cm³/mol. The summed E-state index contributed by atoms with van der Waals surface area (Å²) in [7, 11) is 3.35. The number of aliphatic hydroxyl groups is 1. The maximum Gasteiger partial charge on any atom is 0.278 e. The Labute approximate surface area is 212 Å². The van der Waals surface area contributed by atoms with Crippen molar-refractivity contribution in [3.8, 4) is 5.69 Å². The fraction of sp³-hybridized carbons (Fsp3) is 0.500. The first-order valence-electron chi connectivity index (χ1n) is 10.9. The second kappa shape index (κ2) is 13.9. The van der Waals surface area contributed by atoms with Crippen molar-refractivity contribution in [3.63, 3.8) is 0 Å². The highest BCUT2D eigenvalue weighted by Gasteiger charge is 2.27. The number of halogens is 2. The number of rotatable bonds is 7. The van der Waals surface area contributed by atoms with E-state index in [-0.39, 0.29) is 55.2 Å². The third-order valence-corrected chi connectivity index (χ3v) is 5.47. The van der Waals surface area contributed by atoms with Crippen molar-refractivity contribution in [1.82, 2.24) is 30.1 Å². The van der Waals surface area contributed by atoms with Crippen molar-refractivity contribution in [3.05, 3.63) is 35.7 Å². The van der Waals surface area contributed by atoms with Gasteiger partial charge >= 0.3 is 0 Å². The number of hydrogen-bond acceptors (Lipinski definition) is 11. The van der Waals surface area contributed by atoms with Gasteiger partial charge in [-0.2, -0.15) is 5.90 Å². The molecule has 1 aliphatic heterocycles. The second-order valence-corrected chi connectivity index (χ2v) is 8.29. The standard InChI is InChI=1S/C19H26F2N8O3S.CH6N2/c1-26(2)16(30)9-17(31)27-3-5-28(6-4-27)18-14(20)7-13(8-15(18)21)29-11-12(24-25-29)10-23-19(33)32-22;2-1-3/h7-8,11,16,30H,3-6,9-10,22H2,1-2H3,(H,23,33);1-3H2. The third kappa shape index (κ3) is 8.00. The lowest BCUT2D eigenvalue weighted by Gasteiger charge is -2.37. The Morgan fingerprint density at radius 1 is 1.25 bits per heavy atom. The Morgan fingerprint density at radius 3 is 2.36 bits per heavy atom. The van der Waals surface area contributed by atoms with Crippen LogP contribution in [0.4, 0.5) is 14.5 Å². The summed E-state index contributed by atoms with van der Waals surface area (Å²) < 4.78 is 31.0. The van der Waals surface area contributed by atoms with Crippen LogP contribution in [-0.4, -0.2) is 94.2 Å². The number of anilines is 1. The molecular formula is C20H32F2N10O3S. The number of piperazine rings is 1. The number of amides is 1. The molecule has 16 heteroatoms. The second-order valence-electron chi connectivity index (χ2n) is 7.92. The number of aliphatic hydroxyl groups excluding tert-OH is 1. The van der Waals surface area contributed by atoms with Crippen LogP contribution in [0.2, 0.25) is 0 Å². The molecular weight excluding hydrogens is 498 g/mol. The number of nitrogens with one attached hydrogen (secondary N) is 1. The van der Waals surface area contributed by atoms with Crippen LogP contribution in [0.25, 0.3) is 5.69 Å². The molecule has 13 nitrogen and oxygen atoms in total. The highest BCUT2D eigenvalue weighted by molar-refractivity contribution is 7.80. The van der Waals surface area contributed by atoms with Gasteiger partial charge in [-0.25, -0.2) is 13.5 Å². The largest absolute Gasteiger partial charge is 0.381 e. The minimum absolute atomic E-state index is 0.0262. The van der Waals surface area contributed by atoms with Gasteiger partial charge < -0.3 is 36.5 Å². The summed E-state index contributed by atoms with van der Waals surface area (Å²) in [5.41, 5.74) is 9.71. The van der Waals surface area contributed by atoms with Crippen molar-refractivity contribution in [2.24, 2.45) is 17.4 Å². The normalized spacial score (nSPS) is 14.2. The molecule has 2 aromatic rings. The molecule has 2 heterocycles. The van der Waals surface area contributed by atoms with E-state index in [4.69, 9.17) is 18.1 Å². The topological polar surface area (TPSA) is 177 Å². The first-order valence-corrected chi connectivity index (χ1v) is 11.3. The summed E-state index contributed by atoms with van der Waals surface area (Å²) >= 11 is 4.76. The van der Waals surface area contributed by atoms with Gasteiger partial charge in [-0.1, -0.05) is 5.21 Å². The van der Waals surface area contributed by atoms with E-state index in [1.54, 1.807) is 28.8 Å². The Kier molecular flexibility index (Phi) is 11.3. The summed E-state index contributed by atoms with van der Waals surface area (Å²) in [6, 6.07) is 2.34. The Bertz CT molecular complexity index is 994. The summed E-state index contributed by atoms with van der Waals surface area (Å²) in [4.78, 5) is 21.3. The summed E-state index contributed by atoms with van der Waals surface area (Å²) in [5.74, 6) is 3.23. The SMILES string of the molecule is CN(C)C(O)CC(=O)N1CCN(c2c(F)cc(-n3cc(CNC(=S)ON)nn3)cc2F)CC1.NCN. The van der Waals surface area contributed by atoms with Crippen molar-refractivity contribution in [1.29, 1.82) is 0 Å². The van der Waals surface area contributed by atoms with E-state index in [9.17, 15) is 18.7 Å². The number of thiocarbonyl (C=S) groups is 1. The highest BCUT2D eigenvalue weighted by Crippen LogP contribution is 2.27. The molecule has 1 amide bonds. The van der Waals surface area contributed by atoms with Crippen LogP contribution in [0.5, 0.6) is 0 Å². The van der Waals surface area contributed by atoms with E-state index < -0.39 is 17.9 Å². The van der Waals surface area contributed by atoms with E-state index >= 15 is 0 Å². The van der Waals surface area contributed by atoms with Crippen molar-refractivity contribution >= 4 is 29.0 Å². The van der Waals surface area contributed by atoms with Gasteiger partial charge in [0.15, 0.2) is 11.6 Å². The van der Waals surface area contributed by atoms with Crippen LogP contribution in [0.1, 0.15) is 12.1 Å². The van der Waals surface area contributed by atoms with Crippen molar-refractivity contribution < 1.29 is 23.5 Å². The zero-order valence-electron chi connectivity index (χ0n) is 20.1. The maximum atomic E-state index is 14.9. The molecule has 0 aliphatic carbocycles. The number of hydrogen-bond donors (Lipinski definition) is 5. The molecule has 200 valence electrons. The van der Waals surface area contributed by atoms with Gasteiger partial charge in [-0.3, -0.25) is 9.69 Å². The molecule has 0 spiro atoms. The molecule has 8 N–H and O–H groups in total. The summed E-state index contributed by atoms with van der Waals surface area (Å²) in [6.45, 7) is 1.55. The average Bonchev–Trinajstić information content (AvgIpc) is 3.32. The van der Waals surface area contributed by atoms with Gasteiger partial charge in [0.25, 0.3) is 5.17 Å². The number of carbonyl (C=O) groups is 1. The number of nitrogens with zero attached hydrogens (tertiary/aromatic N) is 6. The molecule has 0 bridgehead atoms. The van der Waals surface area contributed by atoms with E-state index in [1.807, 2.05) is 0 Å². The van der Waals surface area contributed by atoms with Crippen LogP contribution < -0.4 is 27.6 Å². The molecule has 1 unspecified atom stereocenters. The number of benzene rings is 1. The molecule has 1 aromatic carbocycles.